The summed E-state index contributed by atoms with van der Waals surface area (Å²) in [5.41, 5.74) is -1.43. The number of aliphatic hydroxyl groups is 1. The van der Waals surface area contributed by atoms with Crippen molar-refractivity contribution in [2.24, 2.45) is 0 Å². The van der Waals surface area contributed by atoms with Gasteiger partial charge in [-0.15, -0.1) is 0 Å². The summed E-state index contributed by atoms with van der Waals surface area (Å²) >= 11 is 1.85. The molecule has 20 heavy (non-hydrogen) atoms. The van der Waals surface area contributed by atoms with Crippen molar-refractivity contribution in [3.63, 3.8) is 0 Å². The number of carboxylic acids is 1. The van der Waals surface area contributed by atoms with Gasteiger partial charge in [0.05, 0.1) is 12.0 Å². The van der Waals surface area contributed by atoms with Gasteiger partial charge < -0.3 is 20.4 Å². The number of thioether (sulfide) groups is 1. The van der Waals surface area contributed by atoms with Crippen LogP contribution in [0, 0.1) is 0 Å². The van der Waals surface area contributed by atoms with Gasteiger partial charge in [-0.3, -0.25) is 4.79 Å². The van der Waals surface area contributed by atoms with Gasteiger partial charge in [0.25, 0.3) is 0 Å². The third kappa shape index (κ3) is 6.00. The molecule has 1 aliphatic heterocycles. The van der Waals surface area contributed by atoms with Gasteiger partial charge in [0.15, 0.2) is 0 Å². The van der Waals surface area contributed by atoms with Crippen LogP contribution in [0.5, 0.6) is 0 Å². The molecule has 6 nitrogen and oxygen atoms in total. The fourth-order valence-corrected chi connectivity index (χ4v) is 3.09. The molecular weight excluding hydrogens is 280 g/mol. The molecule has 7 heteroatoms. The largest absolute Gasteiger partial charge is 0.481 e. The van der Waals surface area contributed by atoms with Gasteiger partial charge >= 0.3 is 12.0 Å². The number of nitrogens with one attached hydrogen (secondary N) is 1. The summed E-state index contributed by atoms with van der Waals surface area (Å²) < 4.78 is 0.170. The highest BCUT2D eigenvalue weighted by molar-refractivity contribution is 8.00. The maximum atomic E-state index is 12.0. The molecule has 3 N–H and O–H groups in total. The molecule has 1 saturated heterocycles. The third-order valence-electron chi connectivity index (χ3n) is 3.28. The number of carbonyl (C=O) groups excluding carboxylic acids is 1. The minimum atomic E-state index is -1.43. The SMILES string of the molecule is CC(O)(CNC(=O)N1CCSC(C)(C)CC1)CC(=O)O. The maximum Gasteiger partial charge on any atom is 0.317 e. The Labute approximate surface area is 123 Å². The molecule has 1 heterocycles. The summed E-state index contributed by atoms with van der Waals surface area (Å²) in [6.45, 7) is 7.01. The fourth-order valence-electron chi connectivity index (χ4n) is 1.99. The summed E-state index contributed by atoms with van der Waals surface area (Å²) in [6.07, 6.45) is 0.521. The fraction of sp³-hybridized carbons (Fsp3) is 0.846. The topological polar surface area (TPSA) is 89.9 Å². The first kappa shape index (κ1) is 17.1. The first-order valence-electron chi connectivity index (χ1n) is 6.72. The Hall–Kier alpha value is -0.950. The van der Waals surface area contributed by atoms with Gasteiger partial charge in [0.1, 0.15) is 0 Å². The van der Waals surface area contributed by atoms with Gasteiger partial charge in [0, 0.05) is 30.1 Å². The zero-order valence-corrected chi connectivity index (χ0v) is 13.1. The van der Waals surface area contributed by atoms with Gasteiger partial charge in [0.2, 0.25) is 0 Å². The lowest BCUT2D eigenvalue weighted by molar-refractivity contribution is -0.141. The Balaban J connectivity index is 2.45. The van der Waals surface area contributed by atoms with Crippen LogP contribution in [0.25, 0.3) is 0 Å². The summed E-state index contributed by atoms with van der Waals surface area (Å²) in [7, 11) is 0. The predicted octanol–water partition coefficient (Wildman–Crippen LogP) is 1.14. The predicted molar refractivity (Wildman–Crippen MR) is 79.0 cm³/mol. The molecule has 0 radical (unpaired) electrons. The molecule has 1 rings (SSSR count). The van der Waals surface area contributed by atoms with Crippen molar-refractivity contribution >= 4 is 23.8 Å². The maximum absolute atomic E-state index is 12.0. The molecular formula is C13H24N2O4S. The number of hydrogen-bond donors (Lipinski definition) is 3. The van der Waals surface area contributed by atoms with Gasteiger partial charge in [-0.25, -0.2) is 4.79 Å². The standard InChI is InChI=1S/C13H24N2O4S/c1-12(2)4-5-15(6-7-20-12)11(18)14-9-13(3,19)8-10(16)17/h19H,4-9H2,1-3H3,(H,14,18)(H,16,17). The van der Waals surface area contributed by atoms with E-state index in [4.69, 9.17) is 5.11 Å². The van der Waals surface area contributed by atoms with E-state index >= 15 is 0 Å². The second-order valence-electron chi connectivity index (χ2n) is 6.07. The smallest absolute Gasteiger partial charge is 0.317 e. The molecule has 116 valence electrons. The van der Waals surface area contributed by atoms with E-state index in [9.17, 15) is 14.7 Å². The van der Waals surface area contributed by atoms with Crippen LogP contribution in [0.2, 0.25) is 0 Å². The molecule has 1 atom stereocenters. The summed E-state index contributed by atoms with van der Waals surface area (Å²) in [4.78, 5) is 24.4. The molecule has 0 aromatic heterocycles. The van der Waals surface area contributed by atoms with Crippen molar-refractivity contribution < 1.29 is 19.8 Å². The second-order valence-corrected chi connectivity index (χ2v) is 7.87. The zero-order valence-electron chi connectivity index (χ0n) is 12.3. The Bertz CT molecular complexity index is 371. The van der Waals surface area contributed by atoms with Crippen LogP contribution in [-0.2, 0) is 4.79 Å². The van der Waals surface area contributed by atoms with Crippen LogP contribution in [0.15, 0.2) is 0 Å². The van der Waals surface area contributed by atoms with Crippen LogP contribution < -0.4 is 5.32 Å². The second kappa shape index (κ2) is 6.67. The van der Waals surface area contributed by atoms with Crippen molar-refractivity contribution in [3.8, 4) is 0 Å². The molecule has 0 bridgehead atoms. The van der Waals surface area contributed by atoms with Gasteiger partial charge in [-0.05, 0) is 13.3 Å². The Kier molecular flexibility index (Phi) is 5.70. The summed E-state index contributed by atoms with van der Waals surface area (Å²) in [6, 6.07) is -0.242. The van der Waals surface area contributed by atoms with E-state index in [0.717, 1.165) is 12.2 Å². The van der Waals surface area contributed by atoms with Crippen LogP contribution in [-0.4, -0.2) is 62.8 Å². The normalized spacial score (nSPS) is 21.7. The average molecular weight is 304 g/mol. The number of carbonyl (C=O) groups is 2. The highest BCUT2D eigenvalue weighted by Crippen LogP contribution is 2.30. The van der Waals surface area contributed by atoms with Crippen LogP contribution >= 0.6 is 11.8 Å². The molecule has 0 aromatic rings. The molecule has 0 aliphatic carbocycles. The molecule has 2 amide bonds. The minimum absolute atomic E-state index is 0.0643. The number of rotatable bonds is 4. The molecule has 1 unspecified atom stereocenters. The Morgan fingerprint density at radius 2 is 2.05 bits per heavy atom. The monoisotopic (exact) mass is 304 g/mol. The van der Waals surface area contributed by atoms with Crippen LogP contribution in [0.3, 0.4) is 0 Å². The molecule has 1 fully saturated rings. The highest BCUT2D eigenvalue weighted by Gasteiger charge is 2.28. The quantitative estimate of drug-likeness (QED) is 0.724. The number of hydrogen-bond acceptors (Lipinski definition) is 4. The van der Waals surface area contributed by atoms with Crippen molar-refractivity contribution in [2.75, 3.05) is 25.4 Å². The molecule has 0 saturated carbocycles. The van der Waals surface area contributed by atoms with Crippen molar-refractivity contribution in [3.05, 3.63) is 0 Å². The van der Waals surface area contributed by atoms with E-state index in [1.54, 1.807) is 4.90 Å². The van der Waals surface area contributed by atoms with Crippen molar-refractivity contribution in [1.82, 2.24) is 10.2 Å². The average Bonchev–Trinajstić information content (AvgIpc) is 2.45. The number of urea groups is 1. The van der Waals surface area contributed by atoms with Crippen LogP contribution in [0.4, 0.5) is 4.79 Å². The van der Waals surface area contributed by atoms with E-state index < -0.39 is 18.0 Å². The van der Waals surface area contributed by atoms with E-state index in [0.29, 0.717) is 13.1 Å². The molecule has 0 aromatic carbocycles. The number of amides is 2. The van der Waals surface area contributed by atoms with Crippen molar-refractivity contribution in [1.29, 1.82) is 0 Å². The van der Waals surface area contributed by atoms with Crippen molar-refractivity contribution in [2.45, 2.75) is 44.0 Å². The van der Waals surface area contributed by atoms with E-state index in [2.05, 4.69) is 19.2 Å². The van der Waals surface area contributed by atoms with E-state index in [-0.39, 0.29) is 17.3 Å². The van der Waals surface area contributed by atoms with E-state index in [1.807, 2.05) is 11.8 Å². The Morgan fingerprint density at radius 3 is 2.65 bits per heavy atom. The van der Waals surface area contributed by atoms with E-state index in [1.165, 1.54) is 6.92 Å². The van der Waals surface area contributed by atoms with Gasteiger partial charge in [-0.1, -0.05) is 13.8 Å². The lowest BCUT2D eigenvalue weighted by Crippen LogP contribution is -2.48. The number of aliphatic carboxylic acids is 1. The minimum Gasteiger partial charge on any atom is -0.481 e. The zero-order chi connectivity index (χ0) is 15.4. The lowest BCUT2D eigenvalue weighted by atomic mass is 10.0. The Morgan fingerprint density at radius 1 is 1.40 bits per heavy atom. The third-order valence-corrected chi connectivity index (χ3v) is 4.65. The number of carboxylic acid groups (broad SMARTS) is 1. The lowest BCUT2D eigenvalue weighted by Gasteiger charge is -2.26. The molecule has 1 aliphatic rings. The summed E-state index contributed by atoms with van der Waals surface area (Å²) in [5, 5.41) is 21.1. The highest BCUT2D eigenvalue weighted by atomic mass is 32.2. The first-order valence-corrected chi connectivity index (χ1v) is 7.71. The van der Waals surface area contributed by atoms with Crippen LogP contribution in [0.1, 0.15) is 33.6 Å². The van der Waals surface area contributed by atoms with Gasteiger partial charge in [-0.2, -0.15) is 11.8 Å². The summed E-state index contributed by atoms with van der Waals surface area (Å²) in [5.74, 6) is -0.205. The number of nitrogens with zero attached hydrogens (tertiary/aromatic N) is 1. The first-order chi connectivity index (χ1) is 9.11. The molecule has 0 spiro atoms.